The number of methoxy groups -OCH3 is 2. The molecule has 1 unspecified atom stereocenters. The number of likely N-dealkylation sites (tertiary alicyclic amines) is 1. The number of aryl methyl sites for hydroxylation is 2. The number of benzene rings is 1. The summed E-state index contributed by atoms with van der Waals surface area (Å²) < 4.78 is 12.9. The van der Waals surface area contributed by atoms with Gasteiger partial charge in [-0.3, -0.25) is 9.58 Å². The minimum absolute atomic E-state index is 0.598. The average Bonchev–Trinajstić information content (AvgIpc) is 3.04. The van der Waals surface area contributed by atoms with Gasteiger partial charge in [0.05, 0.1) is 19.9 Å². The SMILES string of the molecule is CCn1nc(C)c(CN2CCCC(N(C)CCc3ccc(OC)c(OC)c3)C2)c1C. The topological polar surface area (TPSA) is 42.8 Å². The Morgan fingerprint density at radius 1 is 1.17 bits per heavy atom. The molecule has 2 heterocycles. The minimum atomic E-state index is 0.598. The molecule has 6 heteroatoms. The van der Waals surface area contributed by atoms with Crippen LogP contribution in [-0.2, 0) is 19.5 Å². The first kappa shape index (κ1) is 22.6. The summed E-state index contributed by atoms with van der Waals surface area (Å²) in [5, 5.41) is 4.70. The largest absolute Gasteiger partial charge is 0.493 e. The van der Waals surface area contributed by atoms with E-state index < -0.39 is 0 Å². The van der Waals surface area contributed by atoms with E-state index in [0.717, 1.165) is 44.1 Å². The van der Waals surface area contributed by atoms with Crippen LogP contribution in [-0.4, -0.2) is 66.5 Å². The molecule has 1 atom stereocenters. The zero-order chi connectivity index (χ0) is 21.7. The van der Waals surface area contributed by atoms with Gasteiger partial charge in [-0.15, -0.1) is 0 Å². The van der Waals surface area contributed by atoms with Gasteiger partial charge in [0.1, 0.15) is 0 Å². The fourth-order valence-electron chi connectivity index (χ4n) is 4.55. The van der Waals surface area contributed by atoms with Gasteiger partial charge < -0.3 is 14.4 Å². The van der Waals surface area contributed by atoms with Crippen LogP contribution in [0, 0.1) is 13.8 Å². The number of hydrogen-bond acceptors (Lipinski definition) is 5. The molecule has 0 saturated carbocycles. The van der Waals surface area contributed by atoms with Crippen LogP contribution in [0.2, 0.25) is 0 Å². The number of aromatic nitrogens is 2. The van der Waals surface area contributed by atoms with Crippen LogP contribution in [0.25, 0.3) is 0 Å². The third-order valence-electron chi connectivity index (χ3n) is 6.52. The molecule has 0 aliphatic carbocycles. The third-order valence-corrected chi connectivity index (χ3v) is 6.52. The van der Waals surface area contributed by atoms with Crippen molar-refractivity contribution in [2.24, 2.45) is 0 Å². The van der Waals surface area contributed by atoms with Gasteiger partial charge in [-0.1, -0.05) is 6.07 Å². The summed E-state index contributed by atoms with van der Waals surface area (Å²) in [5.74, 6) is 1.59. The molecule has 1 aromatic heterocycles. The highest BCUT2D eigenvalue weighted by molar-refractivity contribution is 5.42. The molecule has 0 spiro atoms. The van der Waals surface area contributed by atoms with E-state index in [2.05, 4.69) is 54.4 Å². The lowest BCUT2D eigenvalue weighted by molar-refractivity contribution is 0.112. The molecule has 1 fully saturated rings. The molecule has 0 radical (unpaired) electrons. The lowest BCUT2D eigenvalue weighted by atomic mass is 10.0. The predicted octanol–water partition coefficient (Wildman–Crippen LogP) is 3.68. The number of piperidine rings is 1. The molecule has 3 rings (SSSR count). The second-order valence-corrected chi connectivity index (χ2v) is 8.42. The highest BCUT2D eigenvalue weighted by atomic mass is 16.5. The maximum absolute atomic E-state index is 5.45. The van der Waals surface area contributed by atoms with Gasteiger partial charge in [0.25, 0.3) is 0 Å². The maximum atomic E-state index is 5.45. The van der Waals surface area contributed by atoms with Crippen molar-refractivity contribution in [3.8, 4) is 11.5 Å². The number of nitrogens with zero attached hydrogens (tertiary/aromatic N) is 4. The van der Waals surface area contributed by atoms with E-state index in [4.69, 9.17) is 14.6 Å². The summed E-state index contributed by atoms with van der Waals surface area (Å²) >= 11 is 0. The predicted molar refractivity (Wildman–Crippen MR) is 122 cm³/mol. The number of likely N-dealkylation sites (N-methyl/N-ethyl adjacent to an activating group) is 1. The Morgan fingerprint density at radius 2 is 1.93 bits per heavy atom. The fourth-order valence-corrected chi connectivity index (χ4v) is 4.55. The number of rotatable bonds is 9. The molecule has 6 nitrogen and oxygen atoms in total. The second kappa shape index (κ2) is 10.3. The smallest absolute Gasteiger partial charge is 0.160 e. The van der Waals surface area contributed by atoms with Crippen molar-refractivity contribution in [3.05, 3.63) is 40.7 Å². The first-order chi connectivity index (χ1) is 14.5. The standard InChI is InChI=1S/C24H38N4O2/c1-7-28-19(3)22(18(2)25-28)17-27-13-8-9-21(16-27)26(4)14-12-20-10-11-23(29-5)24(15-20)30-6/h10-11,15,21H,7-9,12-14,16-17H2,1-6H3. The lowest BCUT2D eigenvalue weighted by Crippen LogP contribution is -2.46. The molecule has 1 aromatic carbocycles. The summed E-state index contributed by atoms with van der Waals surface area (Å²) in [4.78, 5) is 5.14. The Labute approximate surface area is 181 Å². The van der Waals surface area contributed by atoms with Gasteiger partial charge in [0.15, 0.2) is 11.5 Å². The van der Waals surface area contributed by atoms with Crippen LogP contribution >= 0.6 is 0 Å². The molecular formula is C24H38N4O2. The maximum Gasteiger partial charge on any atom is 0.160 e. The number of hydrogen-bond donors (Lipinski definition) is 0. The van der Waals surface area contributed by atoms with Crippen molar-refractivity contribution in [2.45, 2.75) is 59.2 Å². The van der Waals surface area contributed by atoms with Crippen molar-refractivity contribution < 1.29 is 9.47 Å². The van der Waals surface area contributed by atoms with Crippen LogP contribution < -0.4 is 9.47 Å². The van der Waals surface area contributed by atoms with Crippen molar-refractivity contribution in [2.75, 3.05) is 40.9 Å². The van der Waals surface area contributed by atoms with Crippen molar-refractivity contribution in [1.82, 2.24) is 19.6 Å². The Bertz CT molecular complexity index is 833. The van der Waals surface area contributed by atoms with Crippen molar-refractivity contribution >= 4 is 0 Å². The molecule has 30 heavy (non-hydrogen) atoms. The second-order valence-electron chi connectivity index (χ2n) is 8.42. The molecule has 0 amide bonds. The fraction of sp³-hybridized carbons (Fsp3) is 0.625. The van der Waals surface area contributed by atoms with E-state index in [-0.39, 0.29) is 0 Å². The van der Waals surface area contributed by atoms with E-state index in [0.29, 0.717) is 6.04 Å². The summed E-state index contributed by atoms with van der Waals surface area (Å²) in [7, 11) is 5.63. The van der Waals surface area contributed by atoms with E-state index in [1.165, 1.54) is 41.9 Å². The first-order valence-corrected chi connectivity index (χ1v) is 11.1. The van der Waals surface area contributed by atoms with Gasteiger partial charge in [-0.2, -0.15) is 5.10 Å². The molecular weight excluding hydrogens is 376 g/mol. The van der Waals surface area contributed by atoms with Crippen LogP contribution in [0.15, 0.2) is 18.2 Å². The first-order valence-electron chi connectivity index (χ1n) is 11.1. The molecule has 1 aliphatic rings. The van der Waals surface area contributed by atoms with Gasteiger partial charge >= 0.3 is 0 Å². The molecule has 166 valence electrons. The van der Waals surface area contributed by atoms with E-state index in [1.807, 2.05) is 6.07 Å². The van der Waals surface area contributed by atoms with Gasteiger partial charge in [-0.25, -0.2) is 0 Å². The summed E-state index contributed by atoms with van der Waals surface area (Å²) in [6, 6.07) is 6.83. The molecule has 1 saturated heterocycles. The summed E-state index contributed by atoms with van der Waals surface area (Å²) in [6.07, 6.45) is 3.53. The zero-order valence-electron chi connectivity index (χ0n) is 19.6. The third kappa shape index (κ3) is 5.16. The van der Waals surface area contributed by atoms with Gasteiger partial charge in [0, 0.05) is 43.5 Å². The Kier molecular flexibility index (Phi) is 7.78. The van der Waals surface area contributed by atoms with Gasteiger partial charge in [0.2, 0.25) is 0 Å². The summed E-state index contributed by atoms with van der Waals surface area (Å²) in [6.45, 7) is 11.8. The molecule has 0 bridgehead atoms. The summed E-state index contributed by atoms with van der Waals surface area (Å²) in [5.41, 5.74) is 5.19. The van der Waals surface area contributed by atoms with Gasteiger partial charge in [-0.05, 0) is 71.3 Å². The van der Waals surface area contributed by atoms with Crippen LogP contribution in [0.1, 0.15) is 42.3 Å². The van der Waals surface area contributed by atoms with E-state index >= 15 is 0 Å². The Morgan fingerprint density at radius 3 is 2.60 bits per heavy atom. The Hall–Kier alpha value is -2.05. The van der Waals surface area contributed by atoms with E-state index in [1.54, 1.807) is 14.2 Å². The molecule has 0 N–H and O–H groups in total. The molecule has 1 aliphatic heterocycles. The van der Waals surface area contributed by atoms with Crippen LogP contribution in [0.3, 0.4) is 0 Å². The highest BCUT2D eigenvalue weighted by Gasteiger charge is 2.24. The normalized spacial score (nSPS) is 17.5. The molecule has 2 aromatic rings. The van der Waals surface area contributed by atoms with E-state index in [9.17, 15) is 0 Å². The zero-order valence-corrected chi connectivity index (χ0v) is 19.6. The van der Waals surface area contributed by atoms with Crippen LogP contribution in [0.5, 0.6) is 11.5 Å². The highest BCUT2D eigenvalue weighted by Crippen LogP contribution is 2.28. The lowest BCUT2D eigenvalue weighted by Gasteiger charge is -2.37. The van der Waals surface area contributed by atoms with Crippen molar-refractivity contribution in [1.29, 1.82) is 0 Å². The van der Waals surface area contributed by atoms with Crippen LogP contribution in [0.4, 0.5) is 0 Å². The average molecular weight is 415 g/mol. The minimum Gasteiger partial charge on any atom is -0.493 e. The van der Waals surface area contributed by atoms with Crippen molar-refractivity contribution in [3.63, 3.8) is 0 Å². The monoisotopic (exact) mass is 414 g/mol. The Balaban J connectivity index is 1.57. The number of ether oxygens (including phenoxy) is 2. The quantitative estimate of drug-likeness (QED) is 0.626.